The largest absolute Gasteiger partial charge is 0.361 e. The number of fused-ring (bicyclic) bond motifs is 1. The molecule has 0 saturated carbocycles. The molecule has 0 aliphatic carbocycles. The molecule has 1 N–H and O–H groups in total. The monoisotopic (exact) mass is 398 g/mol. The molecular formula is C24H16F2N4. The molecule has 6 heteroatoms. The summed E-state index contributed by atoms with van der Waals surface area (Å²) in [4.78, 5) is 8.00. The van der Waals surface area contributed by atoms with E-state index in [1.807, 2.05) is 30.5 Å². The molecule has 5 rings (SSSR count). The quantitative estimate of drug-likeness (QED) is 0.431. The second-order valence-corrected chi connectivity index (χ2v) is 6.98. The lowest BCUT2D eigenvalue weighted by Gasteiger charge is -2.10. The van der Waals surface area contributed by atoms with Gasteiger partial charge in [0.05, 0.1) is 0 Å². The van der Waals surface area contributed by atoms with Crippen molar-refractivity contribution in [1.29, 1.82) is 0 Å². The van der Waals surface area contributed by atoms with Crippen molar-refractivity contribution in [1.82, 2.24) is 20.2 Å². The van der Waals surface area contributed by atoms with E-state index in [1.165, 1.54) is 24.3 Å². The molecule has 0 atom stereocenters. The number of aromatic nitrogens is 4. The topological polar surface area (TPSA) is 54.5 Å². The minimum Gasteiger partial charge on any atom is -0.361 e. The first-order valence-corrected chi connectivity index (χ1v) is 9.48. The first kappa shape index (κ1) is 18.1. The van der Waals surface area contributed by atoms with Crippen molar-refractivity contribution >= 4 is 10.9 Å². The van der Waals surface area contributed by atoms with Crippen molar-refractivity contribution in [2.75, 3.05) is 0 Å². The highest BCUT2D eigenvalue weighted by Gasteiger charge is 2.15. The van der Waals surface area contributed by atoms with Crippen molar-refractivity contribution in [3.05, 3.63) is 102 Å². The highest BCUT2D eigenvalue weighted by molar-refractivity contribution is 5.83. The van der Waals surface area contributed by atoms with Gasteiger partial charge in [-0.25, -0.2) is 13.8 Å². The summed E-state index contributed by atoms with van der Waals surface area (Å²) in [5, 5.41) is 9.82. The Morgan fingerprint density at radius 3 is 2.03 bits per heavy atom. The number of nitrogens with one attached hydrogen (secondary N) is 1. The molecule has 4 nitrogen and oxygen atoms in total. The molecule has 3 aromatic carbocycles. The molecule has 146 valence electrons. The molecule has 0 saturated heterocycles. The predicted octanol–water partition coefficient (Wildman–Crippen LogP) is 5.56. The van der Waals surface area contributed by atoms with Gasteiger partial charge >= 0.3 is 0 Å². The van der Waals surface area contributed by atoms with E-state index in [-0.39, 0.29) is 11.6 Å². The van der Waals surface area contributed by atoms with Crippen LogP contribution >= 0.6 is 0 Å². The molecule has 0 bridgehead atoms. The second-order valence-electron chi connectivity index (χ2n) is 6.98. The standard InChI is InChI=1S/C24H16F2N4/c25-18-9-5-15(6-10-18)23-24(16-7-11-19(26)12-8-16)30-29-22(28-23)13-17-14-27-21-4-2-1-3-20(17)21/h1-12,14,27H,13H2. The zero-order chi connectivity index (χ0) is 20.5. The van der Waals surface area contributed by atoms with E-state index in [0.29, 0.717) is 34.8 Å². The van der Waals surface area contributed by atoms with Crippen LogP contribution in [0.2, 0.25) is 0 Å². The van der Waals surface area contributed by atoms with Gasteiger partial charge in [-0.2, -0.15) is 0 Å². The Balaban J connectivity index is 1.60. The summed E-state index contributed by atoms with van der Waals surface area (Å²) in [6.07, 6.45) is 2.44. The molecule has 0 fully saturated rings. The van der Waals surface area contributed by atoms with Crippen LogP contribution in [-0.4, -0.2) is 20.2 Å². The van der Waals surface area contributed by atoms with Crippen LogP contribution in [0.5, 0.6) is 0 Å². The predicted molar refractivity (Wildman–Crippen MR) is 112 cm³/mol. The normalized spacial score (nSPS) is 11.1. The van der Waals surface area contributed by atoms with Gasteiger partial charge in [0.2, 0.25) is 0 Å². The Bertz CT molecular complexity index is 1330. The Hall–Kier alpha value is -3.93. The average Bonchev–Trinajstić information content (AvgIpc) is 3.18. The van der Waals surface area contributed by atoms with Crippen LogP contribution in [0, 0.1) is 11.6 Å². The summed E-state index contributed by atoms with van der Waals surface area (Å²) in [5.74, 6) is -0.119. The molecule has 30 heavy (non-hydrogen) atoms. The number of hydrogen-bond donors (Lipinski definition) is 1. The molecular weight excluding hydrogens is 382 g/mol. The number of halogens is 2. The minimum absolute atomic E-state index is 0.330. The van der Waals surface area contributed by atoms with Crippen LogP contribution in [0.4, 0.5) is 8.78 Å². The summed E-state index contributed by atoms with van der Waals surface area (Å²) in [6.45, 7) is 0. The second kappa shape index (κ2) is 7.48. The lowest BCUT2D eigenvalue weighted by molar-refractivity contribution is 0.627. The maximum Gasteiger partial charge on any atom is 0.156 e. The van der Waals surface area contributed by atoms with Crippen molar-refractivity contribution in [2.24, 2.45) is 0 Å². The van der Waals surface area contributed by atoms with E-state index in [2.05, 4.69) is 15.2 Å². The lowest BCUT2D eigenvalue weighted by atomic mass is 10.0. The Kier molecular flexibility index (Phi) is 4.52. The minimum atomic E-state index is -0.334. The van der Waals surface area contributed by atoms with Gasteiger partial charge in [-0.1, -0.05) is 18.2 Å². The third kappa shape index (κ3) is 3.43. The zero-order valence-electron chi connectivity index (χ0n) is 15.8. The van der Waals surface area contributed by atoms with Crippen molar-refractivity contribution in [3.8, 4) is 22.5 Å². The van der Waals surface area contributed by atoms with E-state index < -0.39 is 0 Å². The average molecular weight is 398 g/mol. The smallest absolute Gasteiger partial charge is 0.156 e. The maximum absolute atomic E-state index is 13.5. The Labute approximate surface area is 171 Å². The molecule has 5 aromatic rings. The van der Waals surface area contributed by atoms with E-state index in [1.54, 1.807) is 24.3 Å². The fourth-order valence-electron chi connectivity index (χ4n) is 3.49. The molecule has 0 unspecified atom stereocenters. The first-order valence-electron chi connectivity index (χ1n) is 9.48. The molecule has 2 heterocycles. The van der Waals surface area contributed by atoms with Crippen molar-refractivity contribution in [3.63, 3.8) is 0 Å². The van der Waals surface area contributed by atoms with Crippen molar-refractivity contribution in [2.45, 2.75) is 6.42 Å². The van der Waals surface area contributed by atoms with Crippen LogP contribution in [0.1, 0.15) is 11.4 Å². The molecule has 2 aromatic heterocycles. The number of rotatable bonds is 4. The third-order valence-corrected chi connectivity index (χ3v) is 4.99. The van der Waals surface area contributed by atoms with Gasteiger partial charge in [0.1, 0.15) is 23.0 Å². The molecule has 0 amide bonds. The van der Waals surface area contributed by atoms with Gasteiger partial charge < -0.3 is 4.98 Å². The molecule has 0 aliphatic heterocycles. The van der Waals surface area contributed by atoms with Crippen LogP contribution < -0.4 is 0 Å². The number of H-pyrrole nitrogens is 1. The number of benzene rings is 3. The SMILES string of the molecule is Fc1ccc(-c2nnc(Cc3c[nH]c4ccccc34)nc2-c2ccc(F)cc2)cc1. The van der Waals surface area contributed by atoms with Gasteiger partial charge in [0.15, 0.2) is 5.82 Å². The van der Waals surface area contributed by atoms with Crippen molar-refractivity contribution < 1.29 is 8.78 Å². The van der Waals surface area contributed by atoms with E-state index in [0.717, 1.165) is 16.5 Å². The summed E-state index contributed by atoms with van der Waals surface area (Å²) in [7, 11) is 0. The zero-order valence-corrected chi connectivity index (χ0v) is 15.8. The van der Waals surface area contributed by atoms with Gasteiger partial charge in [0.25, 0.3) is 0 Å². The summed E-state index contributed by atoms with van der Waals surface area (Å²) < 4.78 is 26.8. The third-order valence-electron chi connectivity index (χ3n) is 4.99. The Morgan fingerprint density at radius 2 is 1.33 bits per heavy atom. The Morgan fingerprint density at radius 1 is 0.700 bits per heavy atom. The fourth-order valence-corrected chi connectivity index (χ4v) is 3.49. The fraction of sp³-hybridized carbons (Fsp3) is 0.0417. The van der Waals surface area contributed by atoms with E-state index >= 15 is 0 Å². The van der Waals surface area contributed by atoms with Crippen LogP contribution in [0.3, 0.4) is 0 Å². The summed E-state index contributed by atoms with van der Waals surface area (Å²) in [6, 6.07) is 20.1. The number of para-hydroxylation sites is 1. The molecule has 0 aliphatic rings. The van der Waals surface area contributed by atoms with Crippen LogP contribution in [0.15, 0.2) is 79.0 Å². The van der Waals surface area contributed by atoms with Gasteiger partial charge in [-0.15, -0.1) is 10.2 Å². The maximum atomic E-state index is 13.5. The first-order chi connectivity index (χ1) is 14.7. The number of aromatic amines is 1. The van der Waals surface area contributed by atoms with Gasteiger partial charge in [-0.05, 0) is 60.2 Å². The van der Waals surface area contributed by atoms with Crippen LogP contribution in [-0.2, 0) is 6.42 Å². The van der Waals surface area contributed by atoms with E-state index in [4.69, 9.17) is 4.98 Å². The number of hydrogen-bond acceptors (Lipinski definition) is 3. The van der Waals surface area contributed by atoms with E-state index in [9.17, 15) is 8.78 Å². The van der Waals surface area contributed by atoms with Crippen LogP contribution in [0.25, 0.3) is 33.4 Å². The van der Waals surface area contributed by atoms with Gasteiger partial charge in [-0.3, -0.25) is 0 Å². The lowest BCUT2D eigenvalue weighted by Crippen LogP contribution is -2.04. The molecule has 0 spiro atoms. The highest BCUT2D eigenvalue weighted by Crippen LogP contribution is 2.29. The van der Waals surface area contributed by atoms with Gasteiger partial charge in [0, 0.05) is 34.6 Å². The molecule has 0 radical (unpaired) electrons. The summed E-state index contributed by atoms with van der Waals surface area (Å²) in [5.41, 5.74) is 4.60. The highest BCUT2D eigenvalue weighted by atomic mass is 19.1. The summed E-state index contributed by atoms with van der Waals surface area (Å²) >= 11 is 0. The number of nitrogens with zero attached hydrogens (tertiary/aromatic N) is 3.